The largest absolute Gasteiger partial charge is 0.313 e. The average molecular weight is 196 g/mol. The molecule has 14 heavy (non-hydrogen) atoms. The minimum atomic E-state index is 0.871. The summed E-state index contributed by atoms with van der Waals surface area (Å²) in [6.45, 7) is 2.54. The van der Waals surface area contributed by atoms with Crippen molar-refractivity contribution in [1.82, 2.24) is 10.2 Å². The Morgan fingerprint density at radius 1 is 1.21 bits per heavy atom. The monoisotopic (exact) mass is 196 g/mol. The fraction of sp³-hybridized carbons (Fsp3) is 1.00. The minimum Gasteiger partial charge on any atom is -0.313 e. The van der Waals surface area contributed by atoms with Crippen molar-refractivity contribution in [2.24, 2.45) is 11.8 Å². The molecule has 1 N–H and O–H groups in total. The molecule has 0 amide bonds. The van der Waals surface area contributed by atoms with Gasteiger partial charge in [-0.3, -0.25) is 0 Å². The first-order valence-corrected chi connectivity index (χ1v) is 6.15. The molecular formula is C12H24N2. The number of hydrogen-bond acceptors (Lipinski definition) is 2. The molecule has 0 aromatic carbocycles. The highest BCUT2D eigenvalue weighted by Gasteiger charge is 2.36. The van der Waals surface area contributed by atoms with Gasteiger partial charge in [-0.2, -0.15) is 0 Å². The summed E-state index contributed by atoms with van der Waals surface area (Å²) in [6, 6.07) is 0.871. The van der Waals surface area contributed by atoms with E-state index in [4.69, 9.17) is 0 Å². The van der Waals surface area contributed by atoms with Gasteiger partial charge in [-0.05, 0) is 58.3 Å². The summed E-state index contributed by atoms with van der Waals surface area (Å²) in [5.41, 5.74) is 0. The van der Waals surface area contributed by atoms with Crippen LogP contribution in [0.1, 0.15) is 32.1 Å². The van der Waals surface area contributed by atoms with E-state index in [9.17, 15) is 0 Å². The van der Waals surface area contributed by atoms with Crippen LogP contribution in [-0.4, -0.2) is 38.1 Å². The lowest BCUT2D eigenvalue weighted by Crippen LogP contribution is -2.30. The van der Waals surface area contributed by atoms with Crippen LogP contribution >= 0.6 is 0 Å². The van der Waals surface area contributed by atoms with E-state index in [-0.39, 0.29) is 0 Å². The van der Waals surface area contributed by atoms with Crippen molar-refractivity contribution in [2.45, 2.75) is 38.1 Å². The van der Waals surface area contributed by atoms with Gasteiger partial charge in [-0.15, -0.1) is 0 Å². The summed E-state index contributed by atoms with van der Waals surface area (Å²) in [7, 11) is 4.36. The first kappa shape index (κ1) is 10.4. The maximum absolute atomic E-state index is 3.71. The Labute approximate surface area is 88.1 Å². The van der Waals surface area contributed by atoms with Gasteiger partial charge in [-0.1, -0.05) is 12.8 Å². The fourth-order valence-corrected chi connectivity index (χ4v) is 3.17. The second kappa shape index (κ2) is 4.63. The Bertz CT molecular complexity index is 179. The number of fused-ring (bicyclic) bond motifs is 1. The van der Waals surface area contributed by atoms with E-state index < -0.39 is 0 Å². The molecule has 2 rings (SSSR count). The molecule has 0 bridgehead atoms. The molecule has 3 unspecified atom stereocenters. The molecule has 2 aliphatic rings. The summed E-state index contributed by atoms with van der Waals surface area (Å²) in [5, 5.41) is 3.71. The molecule has 1 aliphatic carbocycles. The van der Waals surface area contributed by atoms with Crippen LogP contribution in [-0.2, 0) is 0 Å². The van der Waals surface area contributed by atoms with Crippen LogP contribution in [0.4, 0.5) is 0 Å². The van der Waals surface area contributed by atoms with Crippen LogP contribution in [0.15, 0.2) is 0 Å². The molecule has 0 spiro atoms. The maximum Gasteiger partial charge on any atom is 0.00985 e. The van der Waals surface area contributed by atoms with Gasteiger partial charge in [0.1, 0.15) is 0 Å². The quantitative estimate of drug-likeness (QED) is 0.739. The second-order valence-corrected chi connectivity index (χ2v) is 5.32. The van der Waals surface area contributed by atoms with Crippen LogP contribution in [0.25, 0.3) is 0 Å². The highest BCUT2D eigenvalue weighted by molar-refractivity contribution is 4.92. The Kier molecular flexibility index (Phi) is 3.45. The SMILES string of the molecule is CN(C)CCC1CNC2CCCCC12. The molecule has 1 saturated heterocycles. The standard InChI is InChI=1S/C12H24N2/c1-14(2)8-7-10-9-13-12-6-4-3-5-11(10)12/h10-13H,3-9H2,1-2H3. The minimum absolute atomic E-state index is 0.871. The molecule has 2 heteroatoms. The molecule has 1 heterocycles. The van der Waals surface area contributed by atoms with Gasteiger partial charge in [-0.25, -0.2) is 0 Å². The summed E-state index contributed by atoms with van der Waals surface area (Å²) < 4.78 is 0. The molecular weight excluding hydrogens is 172 g/mol. The van der Waals surface area contributed by atoms with Gasteiger partial charge >= 0.3 is 0 Å². The third-order valence-electron chi connectivity index (χ3n) is 4.01. The van der Waals surface area contributed by atoms with E-state index in [1.807, 2.05) is 0 Å². The van der Waals surface area contributed by atoms with Crippen LogP contribution < -0.4 is 5.32 Å². The number of nitrogens with one attached hydrogen (secondary N) is 1. The zero-order valence-electron chi connectivity index (χ0n) is 9.63. The Hall–Kier alpha value is -0.0800. The Morgan fingerprint density at radius 3 is 2.79 bits per heavy atom. The molecule has 1 aliphatic heterocycles. The summed E-state index contributed by atoms with van der Waals surface area (Å²) in [6.07, 6.45) is 7.23. The highest BCUT2D eigenvalue weighted by Crippen LogP contribution is 2.36. The molecule has 0 aromatic rings. The fourth-order valence-electron chi connectivity index (χ4n) is 3.17. The van der Waals surface area contributed by atoms with E-state index in [2.05, 4.69) is 24.3 Å². The van der Waals surface area contributed by atoms with Crippen molar-refractivity contribution in [2.75, 3.05) is 27.2 Å². The maximum atomic E-state index is 3.71. The second-order valence-electron chi connectivity index (χ2n) is 5.32. The van der Waals surface area contributed by atoms with Crippen molar-refractivity contribution >= 4 is 0 Å². The van der Waals surface area contributed by atoms with Crippen LogP contribution in [0.5, 0.6) is 0 Å². The normalized spacial score (nSPS) is 37.5. The number of rotatable bonds is 3. The van der Waals surface area contributed by atoms with Crippen molar-refractivity contribution in [3.63, 3.8) is 0 Å². The lowest BCUT2D eigenvalue weighted by Gasteiger charge is -2.28. The van der Waals surface area contributed by atoms with Crippen LogP contribution in [0.2, 0.25) is 0 Å². The smallest absolute Gasteiger partial charge is 0.00985 e. The average Bonchev–Trinajstić information content (AvgIpc) is 2.58. The predicted molar refractivity (Wildman–Crippen MR) is 60.4 cm³/mol. The van der Waals surface area contributed by atoms with Crippen molar-refractivity contribution in [1.29, 1.82) is 0 Å². The molecule has 0 radical (unpaired) electrons. The van der Waals surface area contributed by atoms with E-state index in [1.165, 1.54) is 45.2 Å². The Morgan fingerprint density at radius 2 is 2.00 bits per heavy atom. The zero-order valence-corrected chi connectivity index (χ0v) is 9.63. The third kappa shape index (κ3) is 2.29. The summed E-state index contributed by atoms with van der Waals surface area (Å²) in [4.78, 5) is 2.32. The molecule has 1 saturated carbocycles. The first-order valence-electron chi connectivity index (χ1n) is 6.15. The van der Waals surface area contributed by atoms with Gasteiger partial charge in [0, 0.05) is 6.04 Å². The summed E-state index contributed by atoms with van der Waals surface area (Å²) in [5.74, 6) is 1.96. The lowest BCUT2D eigenvalue weighted by atomic mass is 9.79. The van der Waals surface area contributed by atoms with Crippen molar-refractivity contribution < 1.29 is 0 Å². The zero-order chi connectivity index (χ0) is 9.97. The van der Waals surface area contributed by atoms with Gasteiger partial charge < -0.3 is 10.2 Å². The van der Waals surface area contributed by atoms with E-state index in [0.717, 1.165) is 17.9 Å². The molecule has 0 aromatic heterocycles. The highest BCUT2D eigenvalue weighted by atomic mass is 15.1. The van der Waals surface area contributed by atoms with E-state index in [0.29, 0.717) is 0 Å². The molecule has 2 fully saturated rings. The van der Waals surface area contributed by atoms with Gasteiger partial charge in [0.05, 0.1) is 0 Å². The molecule has 3 atom stereocenters. The van der Waals surface area contributed by atoms with E-state index in [1.54, 1.807) is 0 Å². The van der Waals surface area contributed by atoms with Crippen molar-refractivity contribution in [3.05, 3.63) is 0 Å². The van der Waals surface area contributed by atoms with Gasteiger partial charge in [0.15, 0.2) is 0 Å². The Balaban J connectivity index is 1.81. The van der Waals surface area contributed by atoms with Crippen LogP contribution in [0, 0.1) is 11.8 Å². The molecule has 2 nitrogen and oxygen atoms in total. The van der Waals surface area contributed by atoms with Crippen molar-refractivity contribution in [3.8, 4) is 0 Å². The van der Waals surface area contributed by atoms with E-state index >= 15 is 0 Å². The molecule has 82 valence electrons. The third-order valence-corrected chi connectivity index (χ3v) is 4.01. The summed E-state index contributed by atoms with van der Waals surface area (Å²) >= 11 is 0. The first-order chi connectivity index (χ1) is 6.77. The topological polar surface area (TPSA) is 15.3 Å². The van der Waals surface area contributed by atoms with Gasteiger partial charge in [0.2, 0.25) is 0 Å². The lowest BCUT2D eigenvalue weighted by molar-refractivity contribution is 0.248. The number of nitrogens with zero attached hydrogens (tertiary/aromatic N) is 1. The van der Waals surface area contributed by atoms with Crippen LogP contribution in [0.3, 0.4) is 0 Å². The van der Waals surface area contributed by atoms with Gasteiger partial charge in [0.25, 0.3) is 0 Å². The number of hydrogen-bond donors (Lipinski definition) is 1. The predicted octanol–water partition coefficient (Wildman–Crippen LogP) is 1.72.